The number of fused-ring (bicyclic) bond motifs is 9. The Labute approximate surface area is 313 Å². The van der Waals surface area contributed by atoms with E-state index >= 15 is 0 Å². The highest BCUT2D eigenvalue weighted by Crippen LogP contribution is 2.76. The maximum absolute atomic E-state index is 14.0. The second-order valence-electron chi connectivity index (χ2n) is 20.8. The number of nitrogens with one attached hydrogen (secondary N) is 1. The van der Waals surface area contributed by atoms with Gasteiger partial charge in [0.1, 0.15) is 6.67 Å². The first-order chi connectivity index (χ1) is 24.4. The van der Waals surface area contributed by atoms with E-state index in [9.17, 15) is 22.7 Å². The molecule has 6 aliphatic carbocycles. The average Bonchev–Trinajstić information content (AvgIpc) is 3.75. The van der Waals surface area contributed by atoms with Gasteiger partial charge in [-0.05, 0) is 153 Å². The fourth-order valence-corrected chi connectivity index (χ4v) is 17.7. The standard InChI is InChI=1S/C44H67FN2O4S/c1-28(2)32-12-19-44(46-22-23-47-25-31-24-30(47)26-52(31,50)51)21-20-41(6)34(37(32)44)8-9-36-40(5)15-13-33(39(3,4)35(40)14-16-42(36,41)7)29-10-17-43(27-45,18-11-29)38(48)49/h10,13,30-32,34-37,46H,1,8-9,11-12,14-27H2,2-7H3,(H,48,49)/t30-,31-,32-,34+,35-,36+,37+,40-,41+,42+,43-,44-/m0/s1. The molecule has 12 atom stereocenters. The fourth-order valence-electron chi connectivity index (χ4n) is 15.6. The third-order valence-electron chi connectivity index (χ3n) is 18.6. The van der Waals surface area contributed by atoms with Crippen LogP contribution in [-0.4, -0.2) is 73.3 Å². The van der Waals surface area contributed by atoms with E-state index in [1.807, 2.05) is 0 Å². The third kappa shape index (κ3) is 5.10. The van der Waals surface area contributed by atoms with Crippen molar-refractivity contribution in [2.45, 2.75) is 142 Å². The van der Waals surface area contributed by atoms with Crippen LogP contribution in [0.5, 0.6) is 0 Å². The molecular weight excluding hydrogens is 672 g/mol. The van der Waals surface area contributed by atoms with Crippen LogP contribution in [0.3, 0.4) is 0 Å². The number of allylic oxidation sites excluding steroid dienone is 5. The Hall–Kier alpha value is -1.51. The summed E-state index contributed by atoms with van der Waals surface area (Å²) in [6.45, 7) is 21.6. The monoisotopic (exact) mass is 738 g/mol. The van der Waals surface area contributed by atoms with Crippen molar-refractivity contribution in [3.8, 4) is 0 Å². The molecule has 0 amide bonds. The number of alkyl halides is 1. The Morgan fingerprint density at radius 3 is 2.37 bits per heavy atom. The molecule has 0 aromatic carbocycles. The third-order valence-corrected chi connectivity index (χ3v) is 20.8. The molecule has 4 saturated carbocycles. The van der Waals surface area contributed by atoms with Gasteiger partial charge in [0.15, 0.2) is 9.84 Å². The van der Waals surface area contributed by atoms with E-state index in [2.05, 4.69) is 70.5 Å². The molecule has 8 heteroatoms. The molecule has 8 rings (SSSR count). The van der Waals surface area contributed by atoms with Crippen molar-refractivity contribution in [3.05, 3.63) is 35.5 Å². The molecular formula is C44H67FN2O4S. The van der Waals surface area contributed by atoms with Gasteiger partial charge in [0.25, 0.3) is 0 Å². The van der Waals surface area contributed by atoms with Gasteiger partial charge in [-0.2, -0.15) is 0 Å². The van der Waals surface area contributed by atoms with Crippen LogP contribution in [-0.2, 0) is 14.6 Å². The molecule has 290 valence electrons. The Morgan fingerprint density at radius 2 is 1.75 bits per heavy atom. The molecule has 2 bridgehead atoms. The normalized spacial score (nSPS) is 48.9. The highest BCUT2D eigenvalue weighted by atomic mass is 32.2. The van der Waals surface area contributed by atoms with E-state index < -0.39 is 27.9 Å². The van der Waals surface area contributed by atoms with Crippen molar-refractivity contribution >= 4 is 15.8 Å². The molecule has 2 aliphatic heterocycles. The SMILES string of the molecule is C=C(C)[C@@H]1CC[C@]2(NCCN3C[C@@H]4C[C@H]3CS4(=O)=O)CC[C@]3(C)[C@H](CC[C@@H]4[C@@]5(C)CC=C(C6=CC[C@](CF)(C(=O)O)CC6)C(C)(C)[C@@H]5CC[C@]43C)[C@@H]12. The molecule has 2 heterocycles. The smallest absolute Gasteiger partial charge is 0.312 e. The van der Waals surface area contributed by atoms with E-state index in [-0.39, 0.29) is 44.9 Å². The number of sulfone groups is 1. The predicted octanol–water partition coefficient (Wildman–Crippen LogP) is 8.54. The molecule has 6 nitrogen and oxygen atoms in total. The summed E-state index contributed by atoms with van der Waals surface area (Å²) in [6.07, 6.45) is 17.8. The molecule has 0 unspecified atom stereocenters. The lowest BCUT2D eigenvalue weighted by Crippen LogP contribution is -2.68. The van der Waals surface area contributed by atoms with Crippen LogP contribution in [0.2, 0.25) is 0 Å². The Bertz CT molecular complexity index is 1690. The lowest BCUT2D eigenvalue weighted by Gasteiger charge is -2.72. The van der Waals surface area contributed by atoms with Crippen molar-refractivity contribution in [1.29, 1.82) is 0 Å². The second kappa shape index (κ2) is 12.2. The fraction of sp³-hybridized carbons (Fsp3) is 0.841. The van der Waals surface area contributed by atoms with Crippen molar-refractivity contribution in [1.82, 2.24) is 10.2 Å². The Kier molecular flexibility index (Phi) is 8.81. The number of aliphatic carboxylic acids is 1. The molecule has 6 fully saturated rings. The van der Waals surface area contributed by atoms with Crippen LogP contribution in [0, 0.1) is 56.7 Å². The summed E-state index contributed by atoms with van der Waals surface area (Å²) in [4.78, 5) is 14.4. The number of carbonyl (C=O) groups is 1. The summed E-state index contributed by atoms with van der Waals surface area (Å²) in [7, 11) is -2.87. The van der Waals surface area contributed by atoms with Crippen molar-refractivity contribution in [2.75, 3.05) is 32.1 Å². The summed E-state index contributed by atoms with van der Waals surface area (Å²) in [5.41, 5.74) is 3.61. The average molecular weight is 739 g/mol. The molecule has 8 aliphatic rings. The number of carboxylic acids is 1. The largest absolute Gasteiger partial charge is 0.481 e. The second-order valence-corrected chi connectivity index (χ2v) is 23.1. The molecule has 0 radical (unpaired) electrons. The van der Waals surface area contributed by atoms with Crippen LogP contribution in [0.1, 0.15) is 125 Å². The summed E-state index contributed by atoms with van der Waals surface area (Å²) >= 11 is 0. The van der Waals surface area contributed by atoms with Gasteiger partial charge in [-0.1, -0.05) is 58.9 Å². The van der Waals surface area contributed by atoms with E-state index in [0.717, 1.165) is 32.5 Å². The van der Waals surface area contributed by atoms with Crippen LogP contribution < -0.4 is 5.32 Å². The highest BCUT2D eigenvalue weighted by molar-refractivity contribution is 7.92. The van der Waals surface area contributed by atoms with Crippen molar-refractivity contribution < 1.29 is 22.7 Å². The molecule has 0 aromatic rings. The van der Waals surface area contributed by atoms with E-state index in [1.165, 1.54) is 68.1 Å². The van der Waals surface area contributed by atoms with Crippen LogP contribution >= 0.6 is 0 Å². The summed E-state index contributed by atoms with van der Waals surface area (Å²) < 4.78 is 38.8. The van der Waals surface area contributed by atoms with Crippen LogP contribution in [0.25, 0.3) is 0 Å². The molecule has 2 N–H and O–H groups in total. The maximum atomic E-state index is 14.0. The van der Waals surface area contributed by atoms with Gasteiger partial charge >= 0.3 is 5.97 Å². The van der Waals surface area contributed by atoms with Gasteiger partial charge in [-0.15, -0.1) is 0 Å². The van der Waals surface area contributed by atoms with Gasteiger partial charge in [0, 0.05) is 31.2 Å². The summed E-state index contributed by atoms with van der Waals surface area (Å²) in [5, 5.41) is 13.9. The lowest BCUT2D eigenvalue weighted by atomic mass is 9.33. The first-order valence-electron chi connectivity index (χ1n) is 20.9. The van der Waals surface area contributed by atoms with Gasteiger partial charge in [-0.25, -0.2) is 12.8 Å². The van der Waals surface area contributed by atoms with E-state index in [0.29, 0.717) is 48.2 Å². The van der Waals surface area contributed by atoms with E-state index in [1.54, 1.807) is 0 Å². The van der Waals surface area contributed by atoms with Crippen molar-refractivity contribution in [3.63, 3.8) is 0 Å². The quantitative estimate of drug-likeness (QED) is 0.243. The number of likely N-dealkylation sites (tertiary alicyclic amines) is 1. The zero-order valence-corrected chi connectivity index (χ0v) is 33.9. The number of halogens is 1. The number of hydrogen-bond acceptors (Lipinski definition) is 5. The number of rotatable bonds is 8. The molecule has 0 aromatic heterocycles. The Morgan fingerprint density at radius 1 is 0.981 bits per heavy atom. The topological polar surface area (TPSA) is 86.7 Å². The predicted molar refractivity (Wildman–Crippen MR) is 206 cm³/mol. The van der Waals surface area contributed by atoms with Crippen molar-refractivity contribution in [2.24, 2.45) is 56.7 Å². The lowest BCUT2D eigenvalue weighted by molar-refractivity contribution is -0.221. The van der Waals surface area contributed by atoms with Gasteiger partial charge < -0.3 is 10.4 Å². The summed E-state index contributed by atoms with van der Waals surface area (Å²) in [5.74, 6) is 2.36. The van der Waals surface area contributed by atoms with E-state index in [4.69, 9.17) is 0 Å². The molecule has 2 saturated heterocycles. The minimum absolute atomic E-state index is 0.0159. The Balaban J connectivity index is 1.04. The van der Waals surface area contributed by atoms with Gasteiger partial charge in [-0.3, -0.25) is 9.69 Å². The zero-order valence-electron chi connectivity index (χ0n) is 33.0. The zero-order chi connectivity index (χ0) is 37.3. The summed E-state index contributed by atoms with van der Waals surface area (Å²) in [6, 6.07) is 0.214. The number of hydrogen-bond donors (Lipinski definition) is 2. The minimum Gasteiger partial charge on any atom is -0.481 e. The van der Waals surface area contributed by atoms with Gasteiger partial charge in [0.2, 0.25) is 0 Å². The first kappa shape index (κ1) is 37.4. The first-order valence-corrected chi connectivity index (χ1v) is 22.6. The molecule has 0 spiro atoms. The highest BCUT2D eigenvalue weighted by Gasteiger charge is 2.70. The maximum Gasteiger partial charge on any atom is 0.312 e. The number of carboxylic acid groups (broad SMARTS) is 1. The minimum atomic E-state index is -2.87. The van der Waals surface area contributed by atoms with Gasteiger partial charge in [0.05, 0.1) is 16.4 Å². The van der Waals surface area contributed by atoms with Crippen LogP contribution in [0.15, 0.2) is 35.5 Å². The molecule has 52 heavy (non-hydrogen) atoms. The van der Waals surface area contributed by atoms with Crippen LogP contribution in [0.4, 0.5) is 4.39 Å². The number of nitrogens with zero attached hydrogens (tertiary/aromatic N) is 1.